The van der Waals surface area contributed by atoms with Crippen molar-refractivity contribution in [1.29, 1.82) is 0 Å². The summed E-state index contributed by atoms with van der Waals surface area (Å²) in [6, 6.07) is 9.48. The van der Waals surface area contributed by atoms with Crippen LogP contribution in [0.2, 0.25) is 0 Å². The first-order chi connectivity index (χ1) is 11.3. The lowest BCUT2D eigenvalue weighted by Crippen LogP contribution is -2.24. The van der Waals surface area contributed by atoms with Crippen LogP contribution in [0.15, 0.2) is 30.3 Å². The van der Waals surface area contributed by atoms with Gasteiger partial charge in [-0.3, -0.25) is 4.79 Å². The van der Waals surface area contributed by atoms with E-state index in [1.165, 1.54) is 51.4 Å². The minimum Gasteiger partial charge on any atom is -0.367 e. The maximum absolute atomic E-state index is 11.5. The molecule has 3 nitrogen and oxygen atoms in total. The lowest BCUT2D eigenvalue weighted by atomic mass is 10.1. The van der Waals surface area contributed by atoms with Crippen LogP contribution in [0.3, 0.4) is 0 Å². The normalized spacial score (nSPS) is 12.2. The van der Waals surface area contributed by atoms with Crippen LogP contribution in [-0.4, -0.2) is 12.5 Å². The molecule has 0 aromatic heterocycles. The van der Waals surface area contributed by atoms with Gasteiger partial charge >= 0.3 is 0 Å². The Kier molecular flexibility index (Phi) is 11.2. The van der Waals surface area contributed by atoms with Crippen LogP contribution in [0.5, 0.6) is 0 Å². The first-order valence-electron chi connectivity index (χ1n) is 9.21. The first kappa shape index (κ1) is 19.7. The van der Waals surface area contributed by atoms with E-state index >= 15 is 0 Å². The zero-order valence-electron chi connectivity index (χ0n) is 14.6. The van der Waals surface area contributed by atoms with Gasteiger partial charge in [0.2, 0.25) is 0 Å². The number of nitrogens with two attached hydrogens (primary N) is 1. The topological polar surface area (TPSA) is 52.3 Å². The predicted molar refractivity (Wildman–Crippen MR) is 96.2 cm³/mol. The van der Waals surface area contributed by atoms with Gasteiger partial charge in [-0.05, 0) is 12.0 Å². The summed E-state index contributed by atoms with van der Waals surface area (Å²) in [6.07, 6.45) is 12.3. The van der Waals surface area contributed by atoms with Crippen LogP contribution >= 0.6 is 0 Å². The monoisotopic (exact) mass is 319 g/mol. The van der Waals surface area contributed by atoms with E-state index < -0.39 is 12.0 Å². The molecule has 0 aliphatic carbocycles. The van der Waals surface area contributed by atoms with Gasteiger partial charge in [-0.2, -0.15) is 0 Å². The van der Waals surface area contributed by atoms with Gasteiger partial charge in [0.25, 0.3) is 5.91 Å². The molecular weight excluding hydrogens is 286 g/mol. The number of benzene rings is 1. The molecule has 0 aliphatic rings. The SMILES string of the molecule is CCCCCCCCCCCCOC(C(N)=O)c1ccccc1. The molecule has 0 radical (unpaired) electrons. The third-order valence-electron chi connectivity index (χ3n) is 4.14. The van der Waals surface area contributed by atoms with E-state index in [4.69, 9.17) is 10.5 Å². The lowest BCUT2D eigenvalue weighted by molar-refractivity contribution is -0.130. The Morgan fingerprint density at radius 1 is 0.913 bits per heavy atom. The maximum Gasteiger partial charge on any atom is 0.251 e. The van der Waals surface area contributed by atoms with Gasteiger partial charge in [0.1, 0.15) is 0 Å². The Morgan fingerprint density at radius 2 is 1.43 bits per heavy atom. The Labute approximate surface area is 141 Å². The van der Waals surface area contributed by atoms with Gasteiger partial charge in [0, 0.05) is 6.61 Å². The molecule has 0 saturated carbocycles. The minimum absolute atomic E-state index is 0.414. The van der Waals surface area contributed by atoms with E-state index in [2.05, 4.69) is 6.92 Å². The Morgan fingerprint density at radius 3 is 1.96 bits per heavy atom. The molecule has 1 aromatic carbocycles. The van der Waals surface area contributed by atoms with Crippen molar-refractivity contribution >= 4 is 5.91 Å². The number of ether oxygens (including phenoxy) is 1. The summed E-state index contributed by atoms with van der Waals surface area (Å²) in [7, 11) is 0. The summed E-state index contributed by atoms with van der Waals surface area (Å²) in [4.78, 5) is 11.5. The van der Waals surface area contributed by atoms with E-state index in [0.29, 0.717) is 6.61 Å². The Bertz CT molecular complexity index is 405. The molecule has 1 rings (SSSR count). The number of carbonyl (C=O) groups excluding carboxylic acids is 1. The highest BCUT2D eigenvalue weighted by Gasteiger charge is 2.17. The maximum atomic E-state index is 11.5. The summed E-state index contributed by atoms with van der Waals surface area (Å²) in [5.74, 6) is -0.414. The van der Waals surface area contributed by atoms with Crippen LogP contribution in [0.25, 0.3) is 0 Å². The number of carbonyl (C=O) groups is 1. The molecule has 130 valence electrons. The van der Waals surface area contributed by atoms with E-state index in [-0.39, 0.29) is 0 Å². The van der Waals surface area contributed by atoms with Gasteiger partial charge in [0.05, 0.1) is 0 Å². The first-order valence-corrected chi connectivity index (χ1v) is 9.21. The molecule has 0 fully saturated rings. The van der Waals surface area contributed by atoms with Crippen LogP contribution in [0.1, 0.15) is 82.8 Å². The highest BCUT2D eigenvalue weighted by molar-refractivity contribution is 5.80. The van der Waals surface area contributed by atoms with E-state index in [1.807, 2.05) is 30.3 Å². The molecule has 0 saturated heterocycles. The Hall–Kier alpha value is -1.35. The fourth-order valence-corrected chi connectivity index (χ4v) is 2.76. The van der Waals surface area contributed by atoms with Crippen LogP contribution in [-0.2, 0) is 9.53 Å². The molecule has 3 heteroatoms. The second-order valence-electron chi connectivity index (χ2n) is 6.25. The third-order valence-corrected chi connectivity index (χ3v) is 4.14. The minimum atomic E-state index is -0.616. The van der Waals surface area contributed by atoms with E-state index in [0.717, 1.165) is 18.4 Å². The zero-order chi connectivity index (χ0) is 16.8. The van der Waals surface area contributed by atoms with Crippen molar-refractivity contribution in [2.75, 3.05) is 6.61 Å². The second-order valence-corrected chi connectivity index (χ2v) is 6.25. The van der Waals surface area contributed by atoms with Gasteiger partial charge in [-0.25, -0.2) is 0 Å². The van der Waals surface area contributed by atoms with Crippen molar-refractivity contribution in [3.05, 3.63) is 35.9 Å². The molecule has 0 spiro atoms. The molecular formula is C20H33NO2. The number of primary amides is 1. The fourth-order valence-electron chi connectivity index (χ4n) is 2.76. The molecule has 1 unspecified atom stereocenters. The quantitative estimate of drug-likeness (QED) is 0.482. The van der Waals surface area contributed by atoms with Crippen molar-refractivity contribution in [2.45, 2.75) is 77.2 Å². The average molecular weight is 319 g/mol. The third kappa shape index (κ3) is 9.39. The zero-order valence-corrected chi connectivity index (χ0v) is 14.6. The van der Waals surface area contributed by atoms with Gasteiger partial charge in [0.15, 0.2) is 6.10 Å². The van der Waals surface area contributed by atoms with Crippen molar-refractivity contribution in [3.63, 3.8) is 0 Å². The number of unbranched alkanes of at least 4 members (excludes halogenated alkanes) is 9. The smallest absolute Gasteiger partial charge is 0.251 e. The van der Waals surface area contributed by atoms with Crippen molar-refractivity contribution < 1.29 is 9.53 Å². The van der Waals surface area contributed by atoms with Crippen molar-refractivity contribution in [2.24, 2.45) is 5.73 Å². The van der Waals surface area contributed by atoms with Crippen molar-refractivity contribution in [3.8, 4) is 0 Å². The molecule has 1 atom stereocenters. The molecule has 2 N–H and O–H groups in total. The molecule has 1 amide bonds. The summed E-state index contributed by atoms with van der Waals surface area (Å²) in [6.45, 7) is 2.85. The number of rotatable bonds is 14. The predicted octanol–water partition coefficient (Wildman–Crippen LogP) is 5.15. The molecule has 0 heterocycles. The molecule has 0 aliphatic heterocycles. The van der Waals surface area contributed by atoms with Crippen LogP contribution in [0.4, 0.5) is 0 Å². The average Bonchev–Trinajstić information content (AvgIpc) is 2.56. The van der Waals surface area contributed by atoms with Crippen LogP contribution < -0.4 is 5.73 Å². The number of amides is 1. The fraction of sp³-hybridized carbons (Fsp3) is 0.650. The second kappa shape index (κ2) is 13.1. The van der Waals surface area contributed by atoms with Gasteiger partial charge in [-0.1, -0.05) is 95.0 Å². The Balaban J connectivity index is 2.04. The standard InChI is InChI=1S/C20H33NO2/c1-2-3-4-5-6-7-8-9-10-14-17-23-19(20(21)22)18-15-12-11-13-16-18/h11-13,15-16,19H,2-10,14,17H2,1H3,(H2,21,22). The van der Waals surface area contributed by atoms with Gasteiger partial charge in [-0.15, -0.1) is 0 Å². The summed E-state index contributed by atoms with van der Waals surface area (Å²) in [5.41, 5.74) is 6.28. The van der Waals surface area contributed by atoms with E-state index in [9.17, 15) is 4.79 Å². The summed E-state index contributed by atoms with van der Waals surface area (Å²) < 4.78 is 5.69. The lowest BCUT2D eigenvalue weighted by Gasteiger charge is -2.14. The summed E-state index contributed by atoms with van der Waals surface area (Å²) >= 11 is 0. The molecule has 23 heavy (non-hydrogen) atoms. The summed E-state index contributed by atoms with van der Waals surface area (Å²) in [5, 5.41) is 0. The molecule has 0 bridgehead atoms. The molecule has 1 aromatic rings. The highest BCUT2D eigenvalue weighted by atomic mass is 16.5. The largest absolute Gasteiger partial charge is 0.367 e. The van der Waals surface area contributed by atoms with Crippen LogP contribution in [0, 0.1) is 0 Å². The highest BCUT2D eigenvalue weighted by Crippen LogP contribution is 2.17. The number of hydrogen-bond donors (Lipinski definition) is 1. The number of hydrogen-bond acceptors (Lipinski definition) is 2. The van der Waals surface area contributed by atoms with Gasteiger partial charge < -0.3 is 10.5 Å². The van der Waals surface area contributed by atoms with E-state index in [1.54, 1.807) is 0 Å². The van der Waals surface area contributed by atoms with Crippen molar-refractivity contribution in [1.82, 2.24) is 0 Å².